The number of aromatic nitrogens is 2. The molecule has 0 radical (unpaired) electrons. The van der Waals surface area contributed by atoms with Crippen molar-refractivity contribution in [2.45, 2.75) is 39.3 Å². The number of imidazole rings is 1. The molecule has 1 atom stereocenters. The van der Waals surface area contributed by atoms with Crippen LogP contribution in [0.3, 0.4) is 0 Å². The second kappa shape index (κ2) is 6.58. The third kappa shape index (κ3) is 4.21. The summed E-state index contributed by atoms with van der Waals surface area (Å²) in [5, 5.41) is 3.26. The second-order valence-corrected chi connectivity index (χ2v) is 7.42. The van der Waals surface area contributed by atoms with Crippen LogP contribution in [0.25, 0.3) is 0 Å². The normalized spacial score (nSPS) is 21.2. The van der Waals surface area contributed by atoms with Gasteiger partial charge in [-0.05, 0) is 26.7 Å². The van der Waals surface area contributed by atoms with Crippen molar-refractivity contribution < 1.29 is 13.2 Å². The van der Waals surface area contributed by atoms with Crippen molar-refractivity contribution >= 4 is 15.8 Å². The van der Waals surface area contributed by atoms with Gasteiger partial charge in [0.15, 0.2) is 9.84 Å². The first-order valence-electron chi connectivity index (χ1n) is 7.08. The standard InChI is InChI=1S/C13H23N3O3S/c1-3-19-7-4-6-16-9-11(2)14-13(16)15-12-5-8-20(17,18)10-12/h9,12H,3-8,10H2,1-2H3,(H,14,15). The van der Waals surface area contributed by atoms with Crippen LogP contribution in [0.15, 0.2) is 6.20 Å². The van der Waals surface area contributed by atoms with E-state index in [1.54, 1.807) is 0 Å². The molecule has 7 heteroatoms. The number of aryl methyl sites for hydroxylation is 2. The van der Waals surface area contributed by atoms with E-state index in [1.807, 2.05) is 24.6 Å². The zero-order valence-electron chi connectivity index (χ0n) is 12.1. The maximum atomic E-state index is 11.5. The number of ether oxygens (including phenoxy) is 1. The van der Waals surface area contributed by atoms with Gasteiger partial charge in [-0.25, -0.2) is 13.4 Å². The second-order valence-electron chi connectivity index (χ2n) is 5.19. The van der Waals surface area contributed by atoms with Gasteiger partial charge in [0.25, 0.3) is 0 Å². The Morgan fingerprint density at radius 1 is 1.55 bits per heavy atom. The highest BCUT2D eigenvalue weighted by molar-refractivity contribution is 7.91. The predicted octanol–water partition coefficient (Wildman–Crippen LogP) is 1.22. The number of hydrogen-bond donors (Lipinski definition) is 1. The average Bonchev–Trinajstić information content (AvgIpc) is 2.88. The van der Waals surface area contributed by atoms with Gasteiger partial charge in [-0.2, -0.15) is 0 Å². The lowest BCUT2D eigenvalue weighted by atomic mass is 10.3. The zero-order chi connectivity index (χ0) is 14.6. The molecule has 1 fully saturated rings. The summed E-state index contributed by atoms with van der Waals surface area (Å²) in [6.45, 7) is 6.20. The van der Waals surface area contributed by atoms with Crippen LogP contribution < -0.4 is 5.32 Å². The average molecular weight is 301 g/mol. The van der Waals surface area contributed by atoms with Gasteiger partial charge in [0.1, 0.15) is 0 Å². The molecule has 2 heterocycles. The van der Waals surface area contributed by atoms with E-state index in [-0.39, 0.29) is 17.5 Å². The molecule has 0 aromatic carbocycles. The van der Waals surface area contributed by atoms with Crippen molar-refractivity contribution in [2.24, 2.45) is 0 Å². The predicted molar refractivity (Wildman–Crippen MR) is 78.8 cm³/mol. The highest BCUT2D eigenvalue weighted by atomic mass is 32.2. The van der Waals surface area contributed by atoms with Crippen LogP contribution in [0.2, 0.25) is 0 Å². The lowest BCUT2D eigenvalue weighted by Gasteiger charge is -2.13. The fourth-order valence-electron chi connectivity index (χ4n) is 2.41. The summed E-state index contributed by atoms with van der Waals surface area (Å²) in [6.07, 6.45) is 3.56. The van der Waals surface area contributed by atoms with Crippen LogP contribution in [-0.4, -0.2) is 48.7 Å². The first-order chi connectivity index (χ1) is 9.50. The molecule has 1 aliphatic heterocycles. The molecule has 1 N–H and O–H groups in total. The van der Waals surface area contributed by atoms with Crippen LogP contribution in [-0.2, 0) is 21.1 Å². The van der Waals surface area contributed by atoms with Gasteiger partial charge in [0.05, 0.1) is 17.2 Å². The molecular weight excluding hydrogens is 278 g/mol. The molecule has 6 nitrogen and oxygen atoms in total. The molecule has 1 unspecified atom stereocenters. The SMILES string of the molecule is CCOCCCn1cc(C)nc1NC1CCS(=O)(=O)C1. The molecule has 0 aliphatic carbocycles. The zero-order valence-corrected chi connectivity index (χ0v) is 12.9. The highest BCUT2D eigenvalue weighted by Gasteiger charge is 2.28. The maximum absolute atomic E-state index is 11.5. The monoisotopic (exact) mass is 301 g/mol. The lowest BCUT2D eigenvalue weighted by Crippen LogP contribution is -2.23. The maximum Gasteiger partial charge on any atom is 0.203 e. The quantitative estimate of drug-likeness (QED) is 0.767. The molecule has 0 spiro atoms. The first-order valence-corrected chi connectivity index (χ1v) is 8.91. The van der Waals surface area contributed by atoms with E-state index >= 15 is 0 Å². The molecule has 1 aromatic rings. The minimum atomic E-state index is -2.87. The molecular formula is C13H23N3O3S. The Labute approximate surface area is 120 Å². The van der Waals surface area contributed by atoms with Gasteiger partial charge in [0, 0.05) is 32.0 Å². The molecule has 0 bridgehead atoms. The number of nitrogens with one attached hydrogen (secondary N) is 1. The molecule has 114 valence electrons. The number of anilines is 1. The van der Waals surface area contributed by atoms with Crippen LogP contribution in [0.5, 0.6) is 0 Å². The van der Waals surface area contributed by atoms with Crippen molar-refractivity contribution in [3.05, 3.63) is 11.9 Å². The molecule has 0 saturated carbocycles. The fraction of sp³-hybridized carbons (Fsp3) is 0.769. The number of sulfone groups is 1. The number of rotatable bonds is 7. The van der Waals surface area contributed by atoms with Gasteiger partial charge in [-0.3, -0.25) is 0 Å². The van der Waals surface area contributed by atoms with Crippen LogP contribution in [0, 0.1) is 6.92 Å². The Kier molecular flexibility index (Phi) is 5.04. The summed E-state index contributed by atoms with van der Waals surface area (Å²) in [5.74, 6) is 1.24. The van der Waals surface area contributed by atoms with E-state index in [0.29, 0.717) is 6.42 Å². The van der Waals surface area contributed by atoms with E-state index < -0.39 is 9.84 Å². The summed E-state index contributed by atoms with van der Waals surface area (Å²) < 4.78 is 30.3. The summed E-state index contributed by atoms with van der Waals surface area (Å²) in [5.41, 5.74) is 0.935. The Bertz CT molecular complexity index is 539. The lowest BCUT2D eigenvalue weighted by molar-refractivity contribution is 0.142. The minimum absolute atomic E-state index is 0.0209. The molecule has 0 amide bonds. The topological polar surface area (TPSA) is 73.2 Å². The highest BCUT2D eigenvalue weighted by Crippen LogP contribution is 2.17. The largest absolute Gasteiger partial charge is 0.382 e. The summed E-state index contributed by atoms with van der Waals surface area (Å²) in [7, 11) is -2.87. The summed E-state index contributed by atoms with van der Waals surface area (Å²) >= 11 is 0. The third-order valence-corrected chi connectivity index (χ3v) is 5.12. The Hall–Kier alpha value is -1.08. The van der Waals surface area contributed by atoms with Crippen molar-refractivity contribution in [1.82, 2.24) is 9.55 Å². The molecule has 1 aromatic heterocycles. The molecule has 2 rings (SSSR count). The van der Waals surface area contributed by atoms with E-state index in [0.717, 1.165) is 37.8 Å². The third-order valence-electron chi connectivity index (χ3n) is 3.35. The fourth-order valence-corrected chi connectivity index (χ4v) is 4.08. The van der Waals surface area contributed by atoms with Crippen LogP contribution in [0.4, 0.5) is 5.95 Å². The van der Waals surface area contributed by atoms with Crippen molar-refractivity contribution in [3.63, 3.8) is 0 Å². The summed E-state index contributed by atoms with van der Waals surface area (Å²) in [6, 6.07) is -0.0209. The number of nitrogens with zero attached hydrogens (tertiary/aromatic N) is 2. The van der Waals surface area contributed by atoms with E-state index in [1.165, 1.54) is 0 Å². The van der Waals surface area contributed by atoms with Gasteiger partial charge in [-0.1, -0.05) is 0 Å². The van der Waals surface area contributed by atoms with Gasteiger partial charge < -0.3 is 14.6 Å². The first kappa shape index (κ1) is 15.3. The van der Waals surface area contributed by atoms with Gasteiger partial charge >= 0.3 is 0 Å². The molecule has 1 saturated heterocycles. The van der Waals surface area contributed by atoms with Crippen LogP contribution in [0.1, 0.15) is 25.5 Å². The van der Waals surface area contributed by atoms with Gasteiger partial charge in [0.2, 0.25) is 5.95 Å². The van der Waals surface area contributed by atoms with E-state index in [9.17, 15) is 8.42 Å². The number of hydrogen-bond acceptors (Lipinski definition) is 5. The Morgan fingerprint density at radius 3 is 3.00 bits per heavy atom. The van der Waals surface area contributed by atoms with Crippen molar-refractivity contribution in [1.29, 1.82) is 0 Å². The van der Waals surface area contributed by atoms with Crippen LogP contribution >= 0.6 is 0 Å². The van der Waals surface area contributed by atoms with Crippen molar-refractivity contribution in [2.75, 3.05) is 30.0 Å². The summed E-state index contributed by atoms with van der Waals surface area (Å²) in [4.78, 5) is 4.44. The van der Waals surface area contributed by atoms with Gasteiger partial charge in [-0.15, -0.1) is 0 Å². The van der Waals surface area contributed by atoms with Crippen molar-refractivity contribution in [3.8, 4) is 0 Å². The van der Waals surface area contributed by atoms with E-state index in [4.69, 9.17) is 4.74 Å². The van der Waals surface area contributed by atoms with E-state index in [2.05, 4.69) is 10.3 Å². The smallest absolute Gasteiger partial charge is 0.203 e. The molecule has 20 heavy (non-hydrogen) atoms. The minimum Gasteiger partial charge on any atom is -0.382 e. The molecule has 1 aliphatic rings. The Balaban J connectivity index is 1.94. The Morgan fingerprint density at radius 2 is 2.35 bits per heavy atom.